The Balaban J connectivity index is 1.62. The number of aryl methyl sites for hydroxylation is 2. The van der Waals surface area contributed by atoms with Gasteiger partial charge in [0.2, 0.25) is 5.89 Å². The van der Waals surface area contributed by atoms with E-state index in [4.69, 9.17) is 23.7 Å². The molecule has 0 saturated heterocycles. The first-order chi connectivity index (χ1) is 16.5. The molecule has 0 unspecified atom stereocenters. The van der Waals surface area contributed by atoms with Gasteiger partial charge in [-0.3, -0.25) is 0 Å². The van der Waals surface area contributed by atoms with Crippen molar-refractivity contribution in [2.24, 2.45) is 0 Å². The standard InChI is InChI=1S/C26H25N3O5/c1-17-18(2)34-24(27-17)16-33-25(30)13-11-20-15-29(21-8-6-5-7-9-21)28-26(20)19-10-12-22(31-3)23(14-19)32-4/h5-15H,16H2,1-4H3/b13-11+. The number of hydrogen-bond acceptors (Lipinski definition) is 7. The lowest BCUT2D eigenvalue weighted by molar-refractivity contribution is -0.139. The number of carbonyl (C=O) groups excluding carboxylic acids is 1. The molecule has 0 bridgehead atoms. The van der Waals surface area contributed by atoms with E-state index in [0.29, 0.717) is 28.8 Å². The zero-order valence-electron chi connectivity index (χ0n) is 19.4. The molecule has 2 aromatic heterocycles. The molecule has 0 N–H and O–H groups in total. The highest BCUT2D eigenvalue weighted by atomic mass is 16.5. The third-order valence-corrected chi connectivity index (χ3v) is 5.23. The maximum absolute atomic E-state index is 12.3. The van der Waals surface area contributed by atoms with Gasteiger partial charge in [-0.05, 0) is 50.3 Å². The van der Waals surface area contributed by atoms with Gasteiger partial charge < -0.3 is 18.6 Å². The number of methoxy groups -OCH3 is 2. The largest absolute Gasteiger partial charge is 0.493 e. The number of nitrogens with zero attached hydrogens (tertiary/aromatic N) is 3. The number of para-hydroxylation sites is 1. The lowest BCUT2D eigenvalue weighted by atomic mass is 10.1. The quantitative estimate of drug-likeness (QED) is 0.273. The van der Waals surface area contributed by atoms with E-state index in [0.717, 1.165) is 22.5 Å². The second-order valence-corrected chi connectivity index (χ2v) is 7.47. The van der Waals surface area contributed by atoms with Crippen molar-refractivity contribution in [2.75, 3.05) is 14.2 Å². The van der Waals surface area contributed by atoms with Gasteiger partial charge in [0.15, 0.2) is 18.1 Å². The van der Waals surface area contributed by atoms with E-state index in [1.54, 1.807) is 25.0 Å². The third-order valence-electron chi connectivity index (χ3n) is 5.23. The van der Waals surface area contributed by atoms with Gasteiger partial charge in [-0.2, -0.15) is 5.10 Å². The number of benzene rings is 2. The van der Waals surface area contributed by atoms with Crippen LogP contribution in [0.25, 0.3) is 23.0 Å². The molecule has 0 atom stereocenters. The van der Waals surface area contributed by atoms with Gasteiger partial charge >= 0.3 is 5.97 Å². The van der Waals surface area contributed by atoms with Crippen molar-refractivity contribution in [3.63, 3.8) is 0 Å². The fourth-order valence-corrected chi connectivity index (χ4v) is 3.37. The van der Waals surface area contributed by atoms with E-state index in [9.17, 15) is 4.79 Å². The van der Waals surface area contributed by atoms with Gasteiger partial charge in [-0.15, -0.1) is 0 Å². The van der Waals surface area contributed by atoms with Crippen LogP contribution in [0.1, 0.15) is 22.9 Å². The Kier molecular flexibility index (Phi) is 6.77. The summed E-state index contributed by atoms with van der Waals surface area (Å²) in [6.45, 7) is 3.61. The van der Waals surface area contributed by atoms with Crippen LogP contribution in [0.4, 0.5) is 0 Å². The molecule has 174 valence electrons. The number of ether oxygens (including phenoxy) is 3. The fourth-order valence-electron chi connectivity index (χ4n) is 3.37. The van der Waals surface area contributed by atoms with Gasteiger partial charge in [0.05, 0.1) is 25.6 Å². The maximum atomic E-state index is 12.3. The van der Waals surface area contributed by atoms with E-state index < -0.39 is 5.97 Å². The number of oxazole rings is 1. The summed E-state index contributed by atoms with van der Waals surface area (Å²) in [5.41, 5.74) is 3.88. The van der Waals surface area contributed by atoms with Crippen molar-refractivity contribution >= 4 is 12.0 Å². The summed E-state index contributed by atoms with van der Waals surface area (Å²) in [4.78, 5) is 16.6. The molecule has 0 amide bonds. The normalized spacial score (nSPS) is 11.1. The molecule has 4 aromatic rings. The van der Waals surface area contributed by atoms with Crippen LogP contribution in [0.3, 0.4) is 0 Å². The molecule has 0 aliphatic carbocycles. The molecule has 0 radical (unpaired) electrons. The molecule has 0 aliphatic heterocycles. The summed E-state index contributed by atoms with van der Waals surface area (Å²) in [6, 6.07) is 15.3. The highest BCUT2D eigenvalue weighted by Gasteiger charge is 2.14. The molecule has 8 heteroatoms. The zero-order valence-corrected chi connectivity index (χ0v) is 19.4. The summed E-state index contributed by atoms with van der Waals surface area (Å²) in [7, 11) is 3.17. The van der Waals surface area contributed by atoms with Crippen molar-refractivity contribution in [3.05, 3.63) is 83.7 Å². The molecule has 34 heavy (non-hydrogen) atoms. The average Bonchev–Trinajstić information content (AvgIpc) is 3.44. The molecule has 0 aliphatic rings. The molecule has 2 heterocycles. The summed E-state index contributed by atoms with van der Waals surface area (Å²) >= 11 is 0. The van der Waals surface area contributed by atoms with Crippen LogP contribution >= 0.6 is 0 Å². The highest BCUT2D eigenvalue weighted by molar-refractivity contribution is 5.88. The average molecular weight is 460 g/mol. The number of hydrogen-bond donors (Lipinski definition) is 0. The van der Waals surface area contributed by atoms with E-state index in [-0.39, 0.29) is 6.61 Å². The summed E-state index contributed by atoms with van der Waals surface area (Å²) in [6.07, 6.45) is 4.89. The topological polar surface area (TPSA) is 88.6 Å². The lowest BCUT2D eigenvalue weighted by Crippen LogP contribution is -2.01. The van der Waals surface area contributed by atoms with Gasteiger partial charge in [-0.25, -0.2) is 14.5 Å². The molecular weight excluding hydrogens is 434 g/mol. The van der Waals surface area contributed by atoms with Crippen LogP contribution in [-0.4, -0.2) is 35.0 Å². The van der Waals surface area contributed by atoms with Gasteiger partial charge in [-0.1, -0.05) is 18.2 Å². The number of carbonyl (C=O) groups is 1. The summed E-state index contributed by atoms with van der Waals surface area (Å²) in [5.74, 6) is 1.75. The molecular formula is C26H25N3O5. The van der Waals surface area contributed by atoms with Crippen molar-refractivity contribution in [2.45, 2.75) is 20.5 Å². The van der Waals surface area contributed by atoms with E-state index in [2.05, 4.69) is 4.98 Å². The fraction of sp³-hybridized carbons (Fsp3) is 0.192. The second kappa shape index (κ2) is 10.1. The van der Waals surface area contributed by atoms with Crippen molar-refractivity contribution in [3.8, 4) is 28.4 Å². The Morgan fingerprint density at radius 2 is 1.82 bits per heavy atom. The maximum Gasteiger partial charge on any atom is 0.331 e. The number of rotatable bonds is 8. The molecule has 2 aromatic carbocycles. The van der Waals surface area contributed by atoms with Crippen LogP contribution in [-0.2, 0) is 16.1 Å². The SMILES string of the molecule is COc1ccc(-c2nn(-c3ccccc3)cc2/C=C/C(=O)OCc2nc(C)c(C)o2)cc1OC. The third kappa shape index (κ3) is 5.01. The summed E-state index contributed by atoms with van der Waals surface area (Å²) < 4.78 is 23.3. The second-order valence-electron chi connectivity index (χ2n) is 7.47. The molecule has 4 rings (SSSR count). The minimum atomic E-state index is -0.515. The number of esters is 1. The first-order valence-electron chi connectivity index (χ1n) is 10.6. The van der Waals surface area contributed by atoms with Crippen molar-refractivity contribution in [1.29, 1.82) is 0 Å². The van der Waals surface area contributed by atoms with Crippen molar-refractivity contribution in [1.82, 2.24) is 14.8 Å². The monoisotopic (exact) mass is 459 g/mol. The first kappa shape index (κ1) is 22.8. The smallest absolute Gasteiger partial charge is 0.331 e. The minimum absolute atomic E-state index is 0.0380. The minimum Gasteiger partial charge on any atom is -0.493 e. The van der Waals surface area contributed by atoms with Gasteiger partial charge in [0.1, 0.15) is 11.5 Å². The van der Waals surface area contributed by atoms with E-state index in [1.165, 1.54) is 6.08 Å². The molecule has 0 saturated carbocycles. The Hall–Kier alpha value is -4.33. The number of aromatic nitrogens is 3. The van der Waals surface area contributed by atoms with Gasteiger partial charge in [0, 0.05) is 23.4 Å². The predicted octanol–water partition coefficient (Wildman–Crippen LogP) is 4.92. The lowest BCUT2D eigenvalue weighted by Gasteiger charge is -2.09. The Morgan fingerprint density at radius 1 is 1.06 bits per heavy atom. The van der Waals surface area contributed by atoms with Crippen LogP contribution in [0.5, 0.6) is 11.5 Å². The Labute approximate surface area is 197 Å². The Bertz CT molecular complexity index is 1300. The van der Waals surface area contributed by atoms with Crippen LogP contribution < -0.4 is 9.47 Å². The first-order valence-corrected chi connectivity index (χ1v) is 10.6. The molecule has 0 fully saturated rings. The predicted molar refractivity (Wildman–Crippen MR) is 127 cm³/mol. The van der Waals surface area contributed by atoms with E-state index >= 15 is 0 Å². The highest BCUT2D eigenvalue weighted by Crippen LogP contribution is 2.33. The molecule has 0 spiro atoms. The van der Waals surface area contributed by atoms with Crippen molar-refractivity contribution < 1.29 is 23.4 Å². The zero-order chi connectivity index (χ0) is 24.1. The van der Waals surface area contributed by atoms with E-state index in [1.807, 2.05) is 68.6 Å². The van der Waals surface area contributed by atoms with Crippen LogP contribution in [0, 0.1) is 13.8 Å². The molecule has 8 nitrogen and oxygen atoms in total. The Morgan fingerprint density at radius 3 is 2.50 bits per heavy atom. The summed E-state index contributed by atoms with van der Waals surface area (Å²) in [5, 5.41) is 4.76. The van der Waals surface area contributed by atoms with Crippen LogP contribution in [0.2, 0.25) is 0 Å². The van der Waals surface area contributed by atoms with Crippen LogP contribution in [0.15, 0.2) is 65.2 Å². The van der Waals surface area contributed by atoms with Gasteiger partial charge in [0.25, 0.3) is 0 Å².